The fourth-order valence-corrected chi connectivity index (χ4v) is 8.59. The van der Waals surface area contributed by atoms with E-state index in [4.69, 9.17) is 20.9 Å². The Hall–Kier alpha value is -3.66. The van der Waals surface area contributed by atoms with Gasteiger partial charge in [0.05, 0.1) is 31.2 Å². The molecule has 4 aliphatic rings. The van der Waals surface area contributed by atoms with Crippen LogP contribution in [0, 0.1) is 35.0 Å². The van der Waals surface area contributed by atoms with Crippen LogP contribution in [0.5, 0.6) is 0 Å². The zero-order valence-electron chi connectivity index (χ0n) is 32.8. The number of fused-ring (bicyclic) bond motifs is 2. The maximum atomic E-state index is 11.7. The van der Waals surface area contributed by atoms with Crippen molar-refractivity contribution < 1.29 is 34.7 Å². The van der Waals surface area contributed by atoms with Gasteiger partial charge in [-0.15, -0.1) is 0 Å². The number of allylic oxidation sites excluding steroid dienone is 4. The normalized spacial score (nSPS) is 29.3. The van der Waals surface area contributed by atoms with Crippen LogP contribution in [0.25, 0.3) is 11.2 Å². The van der Waals surface area contributed by atoms with E-state index in [2.05, 4.69) is 59.7 Å². The minimum atomic E-state index is -0.758. The average Bonchev–Trinajstić information content (AvgIpc) is 3.83. The van der Waals surface area contributed by atoms with Crippen LogP contribution in [0.15, 0.2) is 58.7 Å². The van der Waals surface area contributed by atoms with Crippen LogP contribution in [0.3, 0.4) is 0 Å². The fourth-order valence-electron chi connectivity index (χ4n) is 8.59. The van der Waals surface area contributed by atoms with Gasteiger partial charge in [0.25, 0.3) is 0 Å². The van der Waals surface area contributed by atoms with Gasteiger partial charge in [0.15, 0.2) is 5.52 Å². The molecule has 9 atom stereocenters. The van der Waals surface area contributed by atoms with Gasteiger partial charge in [-0.25, -0.2) is 4.98 Å². The molecule has 0 aromatic carbocycles. The molecule has 4 fully saturated rings. The van der Waals surface area contributed by atoms with Crippen LogP contribution in [0.4, 0.5) is 5.95 Å². The molecule has 2 aromatic rings. The zero-order valence-corrected chi connectivity index (χ0v) is 32.8. The highest BCUT2D eigenvalue weighted by molar-refractivity contribution is 5.75. The number of nitrogen functional groups attached to an aromatic ring is 1. The molecule has 0 radical (unpaired) electrons. The molecule has 0 spiro atoms. The average molecular weight is 767 g/mol. The molecule has 2 aromatic heterocycles. The first-order chi connectivity index (χ1) is 26.1. The van der Waals surface area contributed by atoms with Crippen molar-refractivity contribution in [1.29, 1.82) is 0 Å². The van der Waals surface area contributed by atoms with E-state index >= 15 is 0 Å². The predicted octanol–water partition coefficient (Wildman–Crippen LogP) is 3.65. The van der Waals surface area contributed by atoms with E-state index in [9.17, 15) is 30.0 Å². The Labute approximate surface area is 323 Å². The second-order valence-electron chi connectivity index (χ2n) is 16.6. The van der Waals surface area contributed by atoms with E-state index in [1.807, 2.05) is 0 Å². The van der Waals surface area contributed by atoms with Crippen molar-refractivity contribution >= 4 is 23.1 Å². The summed E-state index contributed by atoms with van der Waals surface area (Å²) >= 11 is 0. The van der Waals surface area contributed by atoms with Crippen molar-refractivity contribution in [2.45, 2.75) is 123 Å². The first-order valence-electron chi connectivity index (χ1n) is 19.8. The number of hydrogen-bond donors (Lipinski definition) is 7. The number of nitrogens with two attached hydrogens (primary N) is 2. The van der Waals surface area contributed by atoms with Gasteiger partial charge < -0.3 is 46.4 Å². The number of H-pyrrole nitrogens is 1. The van der Waals surface area contributed by atoms with Crippen molar-refractivity contribution in [1.82, 2.24) is 19.5 Å². The van der Waals surface area contributed by atoms with Crippen LogP contribution in [-0.4, -0.2) is 89.6 Å². The summed E-state index contributed by atoms with van der Waals surface area (Å²) < 4.78 is 12.0. The highest BCUT2D eigenvalue weighted by atomic mass is 16.6. The Morgan fingerprint density at radius 3 is 2.62 bits per heavy atom. The predicted molar refractivity (Wildman–Crippen MR) is 210 cm³/mol. The van der Waals surface area contributed by atoms with Crippen LogP contribution in [0.1, 0.15) is 85.5 Å². The number of carbonyl (C=O) groups is 1. The Kier molecular flexibility index (Phi) is 14.3. The van der Waals surface area contributed by atoms with Gasteiger partial charge in [0.2, 0.25) is 5.95 Å². The first kappa shape index (κ1) is 42.5. The van der Waals surface area contributed by atoms with E-state index < -0.39 is 35.9 Å². The van der Waals surface area contributed by atoms with E-state index in [1.54, 1.807) is 13.8 Å². The number of rotatable bonds is 13. The molecule has 4 saturated carbocycles. The number of ether oxygens (including phenoxy) is 2. The summed E-state index contributed by atoms with van der Waals surface area (Å²) in [5, 5.41) is 39.7. The Morgan fingerprint density at radius 1 is 1.18 bits per heavy atom. The monoisotopic (exact) mass is 766 g/mol. The second kappa shape index (κ2) is 18.5. The number of aliphatic hydroxyl groups is 4. The maximum Gasteiger partial charge on any atom is 0.323 e. The van der Waals surface area contributed by atoms with E-state index in [-0.39, 0.29) is 43.4 Å². The van der Waals surface area contributed by atoms with Gasteiger partial charge in [-0.2, -0.15) is 4.98 Å². The van der Waals surface area contributed by atoms with Gasteiger partial charge >= 0.3 is 11.5 Å². The number of aromatic nitrogens is 4. The molecule has 14 nitrogen and oxygen atoms in total. The SMILES string of the molecule is C=C1/C(=C\C=C2/CCC[C@]3(C)[C@@H]([C@H](C)/C=C/[C@@H](O)C4CC4)CC[C@@H]23)C[C@@H](O)C[C@@H]1O.CC(C)[C@H](N)C(=O)OCC(CO)OCn1cnc2c(=O)nc(N)[nH]c21. The molecule has 0 saturated heterocycles. The lowest BCUT2D eigenvalue weighted by molar-refractivity contribution is -0.153. The molecule has 6 rings (SSSR count). The fraction of sp³-hybridized carbons (Fsp3) is 0.659. The third-order valence-electron chi connectivity index (χ3n) is 12.2. The number of anilines is 1. The van der Waals surface area contributed by atoms with Gasteiger partial charge in [0, 0.05) is 6.42 Å². The lowest BCUT2D eigenvalue weighted by atomic mass is 9.61. The first-order valence-corrected chi connectivity index (χ1v) is 19.8. The molecular weight excluding hydrogens is 704 g/mol. The maximum absolute atomic E-state index is 11.7. The molecule has 14 heteroatoms. The summed E-state index contributed by atoms with van der Waals surface area (Å²) in [5.74, 6) is 1.61. The quantitative estimate of drug-likeness (QED) is 0.114. The number of nitrogens with zero attached hydrogens (tertiary/aromatic N) is 3. The van der Waals surface area contributed by atoms with E-state index in [1.165, 1.54) is 55.0 Å². The molecule has 0 amide bonds. The highest BCUT2D eigenvalue weighted by Crippen LogP contribution is 2.59. The Bertz CT molecular complexity index is 1800. The second-order valence-corrected chi connectivity index (χ2v) is 16.6. The van der Waals surface area contributed by atoms with Gasteiger partial charge in [-0.3, -0.25) is 14.2 Å². The van der Waals surface area contributed by atoms with Gasteiger partial charge in [-0.05, 0) is 97.5 Å². The van der Waals surface area contributed by atoms with Crippen LogP contribution in [0.2, 0.25) is 0 Å². The molecular formula is C41H62N6O8. The standard InChI is InChI=1S/C27H40O3.C14H22N6O5/c1-17(6-13-25(29)20-8-9-20)23-11-12-24-19(5-4-14-27(23,24)3)7-10-21-15-22(28)16-26(30)18(21)2;1-7(2)9(15)13(23)24-4-8(3-21)25-6-20-5-17-10-11(20)18-14(16)19-12(10)22/h6-7,10,13,17,20,22-26,28-30H,2,4-5,8-9,11-12,14-16H2,1,3H3;5,7-9,21H,3-4,6,15H2,1-2H3,(H3,16,18,19,22)/b13-6+,19-7+,21-10-;/t17-,22-,23-,24+,25-,26+,27-;8?,9-/m10/s1. The number of imidazole rings is 1. The summed E-state index contributed by atoms with van der Waals surface area (Å²) in [5.41, 5.74) is 14.7. The lowest BCUT2D eigenvalue weighted by Crippen LogP contribution is -2.39. The number of aliphatic hydroxyl groups excluding tert-OH is 4. The lowest BCUT2D eigenvalue weighted by Gasteiger charge is -2.44. The number of hydrogen-bond acceptors (Lipinski definition) is 12. The molecule has 55 heavy (non-hydrogen) atoms. The number of nitrogens with one attached hydrogen (secondary N) is 1. The number of carbonyl (C=O) groups excluding carboxylic acids is 1. The summed E-state index contributed by atoms with van der Waals surface area (Å²) in [7, 11) is 0. The van der Waals surface area contributed by atoms with Gasteiger partial charge in [0.1, 0.15) is 31.1 Å². The topological polar surface area (TPSA) is 232 Å². The van der Waals surface area contributed by atoms with Crippen molar-refractivity contribution in [2.75, 3.05) is 18.9 Å². The molecule has 4 aliphatic carbocycles. The molecule has 304 valence electrons. The van der Waals surface area contributed by atoms with Gasteiger partial charge in [-0.1, -0.05) is 64.2 Å². The Balaban J connectivity index is 0.000000215. The van der Waals surface area contributed by atoms with Crippen LogP contribution in [-0.2, 0) is 21.0 Å². The smallest absolute Gasteiger partial charge is 0.323 e. The van der Waals surface area contributed by atoms with Crippen molar-refractivity contribution in [2.24, 2.45) is 40.7 Å². The summed E-state index contributed by atoms with van der Waals surface area (Å²) in [6, 6.07) is -0.738. The van der Waals surface area contributed by atoms with Crippen LogP contribution < -0.4 is 17.0 Å². The van der Waals surface area contributed by atoms with E-state index in [0.29, 0.717) is 47.6 Å². The molecule has 9 N–H and O–H groups in total. The molecule has 1 unspecified atom stereocenters. The van der Waals surface area contributed by atoms with Crippen molar-refractivity contribution in [3.8, 4) is 0 Å². The number of esters is 1. The van der Waals surface area contributed by atoms with Crippen LogP contribution >= 0.6 is 0 Å². The van der Waals surface area contributed by atoms with Crippen molar-refractivity contribution in [3.05, 3.63) is 64.3 Å². The molecule has 0 bridgehead atoms. The minimum absolute atomic E-state index is 0.0467. The molecule has 0 aliphatic heterocycles. The summed E-state index contributed by atoms with van der Waals surface area (Å²) in [6.45, 7) is 11.9. The van der Waals surface area contributed by atoms with Crippen molar-refractivity contribution in [3.63, 3.8) is 0 Å². The molecule has 2 heterocycles. The minimum Gasteiger partial charge on any atom is -0.462 e. The highest BCUT2D eigenvalue weighted by Gasteiger charge is 2.50. The zero-order chi connectivity index (χ0) is 40.0. The summed E-state index contributed by atoms with van der Waals surface area (Å²) in [6.07, 6.45) is 17.5. The van der Waals surface area contributed by atoms with E-state index in [0.717, 1.165) is 17.6 Å². The third-order valence-corrected chi connectivity index (χ3v) is 12.2. The summed E-state index contributed by atoms with van der Waals surface area (Å²) in [4.78, 5) is 33.6. The third kappa shape index (κ3) is 10.4. The largest absolute Gasteiger partial charge is 0.462 e. The Morgan fingerprint density at radius 2 is 1.93 bits per heavy atom. The number of aromatic amines is 1.